The minimum atomic E-state index is -1.17. The van der Waals surface area contributed by atoms with E-state index in [2.05, 4.69) is 4.98 Å². The summed E-state index contributed by atoms with van der Waals surface area (Å²) in [5.41, 5.74) is 7.74. The molecule has 0 saturated carbocycles. The van der Waals surface area contributed by atoms with Gasteiger partial charge in [-0.15, -0.1) is 0 Å². The average Bonchev–Trinajstić information content (AvgIpc) is 3.16. The van der Waals surface area contributed by atoms with Gasteiger partial charge in [0.25, 0.3) is 5.91 Å². The van der Waals surface area contributed by atoms with Gasteiger partial charge in [0, 0.05) is 32.0 Å². The molecule has 0 aliphatic carbocycles. The maximum absolute atomic E-state index is 13.9. The van der Waals surface area contributed by atoms with Crippen LogP contribution in [0.4, 0.5) is 0 Å². The van der Waals surface area contributed by atoms with Crippen LogP contribution in [0.25, 0.3) is 0 Å². The highest BCUT2D eigenvalue weighted by atomic mass is 16.2. The zero-order valence-electron chi connectivity index (χ0n) is 19.6. The number of carbonyl (C=O) groups excluding carboxylic acids is 2. The first-order valence-electron chi connectivity index (χ1n) is 12.0. The lowest BCUT2D eigenvalue weighted by Gasteiger charge is -2.34. The minimum Gasteiger partial charge on any atom is -0.369 e. The van der Waals surface area contributed by atoms with Gasteiger partial charge in [-0.1, -0.05) is 66.7 Å². The van der Waals surface area contributed by atoms with E-state index in [9.17, 15) is 9.59 Å². The molecule has 0 spiro atoms. The van der Waals surface area contributed by atoms with Crippen LogP contribution in [0, 0.1) is 5.92 Å². The summed E-state index contributed by atoms with van der Waals surface area (Å²) in [4.78, 5) is 39.1. The monoisotopic (exact) mass is 467 g/mol. The van der Waals surface area contributed by atoms with Crippen LogP contribution in [0.3, 0.4) is 0 Å². The van der Waals surface area contributed by atoms with Crippen molar-refractivity contribution >= 4 is 17.8 Å². The number of guanidine groups is 1. The summed E-state index contributed by atoms with van der Waals surface area (Å²) >= 11 is 0. The van der Waals surface area contributed by atoms with E-state index in [0.29, 0.717) is 26.1 Å². The van der Waals surface area contributed by atoms with Crippen LogP contribution in [0.5, 0.6) is 0 Å². The molecule has 0 bridgehead atoms. The Morgan fingerprint density at radius 1 is 0.943 bits per heavy atom. The fraction of sp³-hybridized carbons (Fsp3) is 0.286. The number of hydrogen-bond donors (Lipinski definition) is 1. The molecular formula is C28H29N5O2. The highest BCUT2D eigenvalue weighted by molar-refractivity contribution is 6.09. The number of piperidine rings is 1. The summed E-state index contributed by atoms with van der Waals surface area (Å²) in [6.45, 7) is 1.84. The number of nitrogens with zero attached hydrogens (tertiary/aromatic N) is 4. The van der Waals surface area contributed by atoms with E-state index >= 15 is 0 Å². The molecule has 3 aromatic rings. The standard InChI is InChI=1S/C28H29N5O2/c29-27-31-28(23-9-3-1-4-10-23,24-11-5-2-6-12-24)26(35)33(27)20-21-13-16-32(17-14-21)25(34)18-22-8-7-15-30-19-22/h1-12,15,19,21H,13-14,16-18,20H2,(H2,29,31). The summed E-state index contributed by atoms with van der Waals surface area (Å²) in [6, 6.07) is 23.0. The van der Waals surface area contributed by atoms with Crippen molar-refractivity contribution in [1.82, 2.24) is 14.8 Å². The number of hydrogen-bond acceptors (Lipinski definition) is 5. The smallest absolute Gasteiger partial charge is 0.266 e. The molecule has 0 unspecified atom stereocenters. The van der Waals surface area contributed by atoms with Gasteiger partial charge in [0.2, 0.25) is 5.91 Å². The topological polar surface area (TPSA) is 91.9 Å². The van der Waals surface area contributed by atoms with Gasteiger partial charge in [0.05, 0.1) is 6.42 Å². The third-order valence-corrected chi connectivity index (χ3v) is 6.98. The molecule has 35 heavy (non-hydrogen) atoms. The molecule has 1 saturated heterocycles. The zero-order chi connectivity index (χ0) is 24.3. The molecule has 0 atom stereocenters. The maximum Gasteiger partial charge on any atom is 0.266 e. The Labute approximate surface area is 205 Å². The Bertz CT molecular complexity index is 1170. The van der Waals surface area contributed by atoms with Crippen LogP contribution in [-0.2, 0) is 21.5 Å². The molecule has 7 heteroatoms. The number of likely N-dealkylation sites (tertiary alicyclic amines) is 1. The molecule has 2 aliphatic rings. The van der Waals surface area contributed by atoms with Gasteiger partial charge in [-0.2, -0.15) is 0 Å². The number of carbonyl (C=O) groups is 2. The van der Waals surface area contributed by atoms with Crippen molar-refractivity contribution in [3.63, 3.8) is 0 Å². The second-order valence-corrected chi connectivity index (χ2v) is 9.19. The molecule has 2 N–H and O–H groups in total. The first-order chi connectivity index (χ1) is 17.1. The van der Waals surface area contributed by atoms with E-state index in [4.69, 9.17) is 10.7 Å². The Hall–Kier alpha value is -4.00. The maximum atomic E-state index is 13.9. The number of benzene rings is 2. The van der Waals surface area contributed by atoms with E-state index in [0.717, 1.165) is 29.5 Å². The number of amides is 2. The van der Waals surface area contributed by atoms with E-state index in [1.807, 2.05) is 77.7 Å². The van der Waals surface area contributed by atoms with Crippen molar-refractivity contribution in [2.45, 2.75) is 24.8 Å². The molecule has 1 aromatic heterocycles. The lowest BCUT2D eigenvalue weighted by molar-refractivity contribution is -0.133. The van der Waals surface area contributed by atoms with Crippen LogP contribution in [0.1, 0.15) is 29.5 Å². The molecule has 178 valence electrons. The first-order valence-corrected chi connectivity index (χ1v) is 12.0. The van der Waals surface area contributed by atoms with Crippen molar-refractivity contribution in [2.24, 2.45) is 16.6 Å². The van der Waals surface area contributed by atoms with Gasteiger partial charge in [-0.25, -0.2) is 4.99 Å². The van der Waals surface area contributed by atoms with Gasteiger partial charge in [-0.05, 0) is 41.5 Å². The third-order valence-electron chi connectivity index (χ3n) is 6.98. The fourth-order valence-electron chi connectivity index (χ4n) is 5.07. The van der Waals surface area contributed by atoms with Gasteiger partial charge < -0.3 is 10.6 Å². The second kappa shape index (κ2) is 9.70. The van der Waals surface area contributed by atoms with Crippen molar-refractivity contribution in [2.75, 3.05) is 19.6 Å². The number of aromatic nitrogens is 1. The number of aliphatic imine (C=N–C) groups is 1. The minimum absolute atomic E-state index is 0.113. The quantitative estimate of drug-likeness (QED) is 0.603. The van der Waals surface area contributed by atoms with Crippen LogP contribution >= 0.6 is 0 Å². The van der Waals surface area contributed by atoms with Crippen molar-refractivity contribution in [3.8, 4) is 0 Å². The predicted octanol–water partition coefficient (Wildman–Crippen LogP) is 2.96. The van der Waals surface area contributed by atoms with Crippen LogP contribution in [-0.4, -0.2) is 52.2 Å². The Morgan fingerprint density at radius 2 is 1.57 bits per heavy atom. The van der Waals surface area contributed by atoms with E-state index < -0.39 is 5.54 Å². The van der Waals surface area contributed by atoms with Gasteiger partial charge >= 0.3 is 0 Å². The van der Waals surface area contributed by atoms with E-state index in [1.54, 1.807) is 17.3 Å². The molecule has 1 fully saturated rings. The summed E-state index contributed by atoms with van der Waals surface area (Å²) in [5, 5.41) is 0. The molecule has 2 aromatic carbocycles. The van der Waals surface area contributed by atoms with Crippen LogP contribution in [0.2, 0.25) is 0 Å². The SMILES string of the molecule is NC1=NC(c2ccccc2)(c2ccccc2)C(=O)N1CC1CCN(C(=O)Cc2cccnc2)CC1. The van der Waals surface area contributed by atoms with Crippen LogP contribution < -0.4 is 5.73 Å². The van der Waals surface area contributed by atoms with Crippen molar-refractivity contribution in [1.29, 1.82) is 0 Å². The van der Waals surface area contributed by atoms with Gasteiger partial charge in [-0.3, -0.25) is 19.5 Å². The second-order valence-electron chi connectivity index (χ2n) is 9.19. The fourth-order valence-corrected chi connectivity index (χ4v) is 5.07. The zero-order valence-corrected chi connectivity index (χ0v) is 19.6. The highest BCUT2D eigenvalue weighted by Gasteiger charge is 2.50. The van der Waals surface area contributed by atoms with Crippen molar-refractivity contribution < 1.29 is 9.59 Å². The summed E-state index contributed by atoms with van der Waals surface area (Å²) in [6.07, 6.45) is 5.44. The van der Waals surface area contributed by atoms with Crippen LogP contribution in [0.15, 0.2) is 90.2 Å². The number of rotatable bonds is 6. The predicted molar refractivity (Wildman–Crippen MR) is 134 cm³/mol. The highest BCUT2D eigenvalue weighted by Crippen LogP contribution is 2.40. The van der Waals surface area contributed by atoms with Gasteiger partial charge in [0.1, 0.15) is 0 Å². The van der Waals surface area contributed by atoms with Gasteiger partial charge in [0.15, 0.2) is 11.5 Å². The molecule has 5 rings (SSSR count). The normalized spacial score (nSPS) is 17.9. The molecular weight excluding hydrogens is 438 g/mol. The van der Waals surface area contributed by atoms with E-state index in [1.165, 1.54) is 0 Å². The molecule has 3 heterocycles. The summed E-state index contributed by atoms with van der Waals surface area (Å²) in [5.74, 6) is 0.486. The largest absolute Gasteiger partial charge is 0.369 e. The van der Waals surface area contributed by atoms with Crippen molar-refractivity contribution in [3.05, 3.63) is 102 Å². The lowest BCUT2D eigenvalue weighted by Crippen LogP contribution is -2.48. The molecule has 7 nitrogen and oxygen atoms in total. The van der Waals surface area contributed by atoms with E-state index in [-0.39, 0.29) is 23.7 Å². The number of pyridine rings is 1. The summed E-state index contributed by atoms with van der Waals surface area (Å²) < 4.78 is 0. The Kier molecular flexibility index (Phi) is 6.31. The summed E-state index contributed by atoms with van der Waals surface area (Å²) in [7, 11) is 0. The Balaban J connectivity index is 1.28. The molecule has 0 radical (unpaired) electrons. The number of nitrogens with two attached hydrogens (primary N) is 1. The third kappa shape index (κ3) is 4.41. The molecule has 2 amide bonds. The first kappa shape index (κ1) is 22.8. The molecule has 2 aliphatic heterocycles. The lowest BCUT2D eigenvalue weighted by atomic mass is 9.82. The Morgan fingerprint density at radius 3 is 2.14 bits per heavy atom. The average molecular weight is 468 g/mol.